The van der Waals surface area contributed by atoms with Gasteiger partial charge in [0.1, 0.15) is 120 Å². The molecule has 7 heterocycles. The smallest absolute Gasteiger partial charge is 0.145 e. The first-order valence-electron chi connectivity index (χ1n) is 31.0. The third kappa shape index (κ3) is 18.1. The number of aromatic nitrogens is 7. The van der Waals surface area contributed by atoms with Crippen LogP contribution in [0.4, 0.5) is 0 Å². The lowest BCUT2D eigenvalue weighted by Gasteiger charge is -2.15. The van der Waals surface area contributed by atoms with Crippen molar-refractivity contribution in [2.24, 2.45) is 0 Å². The van der Waals surface area contributed by atoms with Crippen molar-refractivity contribution >= 4 is 76.3 Å². The number of nitrogens with zero attached hydrogens (tertiary/aromatic N) is 7. The fourth-order valence-electron chi connectivity index (χ4n) is 10.1. The van der Waals surface area contributed by atoms with Crippen molar-refractivity contribution in [3.63, 3.8) is 0 Å². The second-order valence-corrected chi connectivity index (χ2v) is 21.0. The first kappa shape index (κ1) is 64.4. The summed E-state index contributed by atoms with van der Waals surface area (Å²) in [5, 5.41) is 7.47. The van der Waals surface area contributed by atoms with Crippen molar-refractivity contribution in [3.05, 3.63) is 256 Å². The summed E-state index contributed by atoms with van der Waals surface area (Å²) in [7, 11) is 1.66. The quantitative estimate of drug-likeness (QED) is 0.0492. The number of hydrogen-bond donors (Lipinski definition) is 0. The van der Waals surface area contributed by atoms with Gasteiger partial charge in [0.2, 0.25) is 0 Å². The predicted octanol–water partition coefficient (Wildman–Crippen LogP) is 15.4. The number of pyridine rings is 7. The Morgan fingerprint density at radius 2 is 0.564 bits per heavy atom. The zero-order chi connectivity index (χ0) is 64.2. The Labute approximate surface area is 544 Å². The van der Waals surface area contributed by atoms with Crippen molar-refractivity contribution < 1.29 is 47.4 Å². The van der Waals surface area contributed by atoms with Gasteiger partial charge in [-0.15, -0.1) is 0 Å². The Hall–Kier alpha value is -11.1. The van der Waals surface area contributed by atoms with E-state index in [1.807, 2.05) is 219 Å². The van der Waals surface area contributed by atoms with Gasteiger partial charge in [-0.25, -0.2) is 0 Å². The highest BCUT2D eigenvalue weighted by atomic mass is 16.6. The summed E-state index contributed by atoms with van der Waals surface area (Å²) in [5.41, 5.74) is 6.18. The first-order valence-corrected chi connectivity index (χ1v) is 31.0. The second-order valence-electron chi connectivity index (χ2n) is 21.0. The van der Waals surface area contributed by atoms with Crippen molar-refractivity contribution in [1.29, 1.82) is 0 Å². The molecule has 0 aliphatic carbocycles. The number of fused-ring (bicyclic) bond motifs is 7. The van der Waals surface area contributed by atoms with E-state index in [-0.39, 0.29) is 6.10 Å². The lowest BCUT2D eigenvalue weighted by atomic mass is 10.2. The minimum Gasteiger partial charge on any atom is -0.491 e. The molecule has 1 atom stereocenters. The highest BCUT2D eigenvalue weighted by molar-refractivity contribution is 5.88. The number of methoxy groups -OCH3 is 1. The molecule has 474 valence electrons. The van der Waals surface area contributed by atoms with Crippen LogP contribution in [0.3, 0.4) is 0 Å². The molecule has 1 unspecified atom stereocenters. The van der Waals surface area contributed by atoms with E-state index in [0.29, 0.717) is 72.7 Å². The molecule has 7 aromatic carbocycles. The van der Waals surface area contributed by atoms with Gasteiger partial charge >= 0.3 is 0 Å². The van der Waals surface area contributed by atoms with Gasteiger partial charge in [-0.05, 0) is 104 Å². The maximum atomic E-state index is 5.85. The summed E-state index contributed by atoms with van der Waals surface area (Å²) < 4.78 is 56.9. The van der Waals surface area contributed by atoms with Gasteiger partial charge in [0.15, 0.2) is 0 Å². The molecule has 17 heteroatoms. The van der Waals surface area contributed by atoms with Gasteiger partial charge in [-0.1, -0.05) is 115 Å². The highest BCUT2D eigenvalue weighted by Crippen LogP contribution is 2.29. The molecule has 0 aliphatic rings. The minimum absolute atomic E-state index is 0.0338. The van der Waals surface area contributed by atoms with Crippen LogP contribution in [0.1, 0.15) is 6.92 Å². The van der Waals surface area contributed by atoms with Crippen LogP contribution in [0.2, 0.25) is 0 Å². The first-order chi connectivity index (χ1) is 46.5. The Kier molecular flexibility index (Phi) is 23.5. The Morgan fingerprint density at radius 1 is 0.277 bits per heavy atom. The molecular formula is C77H71N7O10. The average molecular weight is 1250 g/mol. The average Bonchev–Trinajstić information content (AvgIpc) is 1.60. The van der Waals surface area contributed by atoms with Gasteiger partial charge in [0, 0.05) is 88.2 Å². The van der Waals surface area contributed by atoms with E-state index in [1.54, 1.807) is 50.5 Å². The highest BCUT2D eigenvalue weighted by Gasteiger charge is 2.10. The maximum absolute atomic E-state index is 5.85. The summed E-state index contributed by atoms with van der Waals surface area (Å²) >= 11 is 0. The Bertz CT molecular complexity index is 4320. The van der Waals surface area contributed by atoms with E-state index in [9.17, 15) is 0 Å². The second kappa shape index (κ2) is 34.4. The van der Waals surface area contributed by atoms with E-state index in [0.717, 1.165) is 117 Å². The van der Waals surface area contributed by atoms with Crippen LogP contribution in [0.25, 0.3) is 76.3 Å². The number of hydrogen-bond acceptors (Lipinski definition) is 17. The summed E-state index contributed by atoms with van der Waals surface area (Å²) in [6.45, 7) is 7.29. The zero-order valence-corrected chi connectivity index (χ0v) is 52.3. The molecule has 94 heavy (non-hydrogen) atoms. The molecule has 7 aromatic heterocycles. The van der Waals surface area contributed by atoms with Gasteiger partial charge in [-0.3, -0.25) is 34.9 Å². The molecule has 0 radical (unpaired) electrons. The van der Waals surface area contributed by atoms with Crippen molar-refractivity contribution in [2.45, 2.75) is 13.0 Å². The lowest BCUT2D eigenvalue weighted by molar-refractivity contribution is -0.0206. The van der Waals surface area contributed by atoms with Crippen molar-refractivity contribution in [1.82, 2.24) is 34.9 Å². The van der Waals surface area contributed by atoms with E-state index in [4.69, 9.17) is 47.4 Å². The summed E-state index contributed by atoms with van der Waals surface area (Å²) in [5.74, 6) is 5.48. The molecule has 14 aromatic rings. The van der Waals surface area contributed by atoms with Crippen LogP contribution < -0.4 is 33.2 Å². The molecule has 0 saturated carbocycles. The molecule has 0 bridgehead atoms. The third-order valence-corrected chi connectivity index (χ3v) is 14.5. The van der Waals surface area contributed by atoms with Crippen molar-refractivity contribution in [2.75, 3.05) is 79.8 Å². The Morgan fingerprint density at radius 3 is 0.904 bits per heavy atom. The summed E-state index contributed by atoms with van der Waals surface area (Å²) in [6, 6.07) is 68.9. The molecule has 0 N–H and O–H groups in total. The molecule has 14 rings (SSSR count). The molecule has 0 fully saturated rings. The van der Waals surface area contributed by atoms with Crippen LogP contribution >= 0.6 is 0 Å². The number of para-hydroxylation sites is 6. The number of rotatable bonds is 25. The van der Waals surface area contributed by atoms with Crippen LogP contribution in [0.15, 0.2) is 256 Å². The molecule has 17 nitrogen and oxygen atoms in total. The molecule has 0 aliphatic heterocycles. The molecule has 0 spiro atoms. The molecular weight excluding hydrogens is 1180 g/mol. The van der Waals surface area contributed by atoms with E-state index >= 15 is 0 Å². The monoisotopic (exact) mass is 1250 g/mol. The summed E-state index contributed by atoms with van der Waals surface area (Å²) in [6.07, 6.45) is 12.4. The van der Waals surface area contributed by atoms with Crippen LogP contribution in [0, 0.1) is 0 Å². The van der Waals surface area contributed by atoms with E-state index in [2.05, 4.69) is 34.9 Å². The summed E-state index contributed by atoms with van der Waals surface area (Å²) in [4.78, 5) is 30.5. The van der Waals surface area contributed by atoms with Crippen LogP contribution in [0.5, 0.6) is 40.2 Å². The van der Waals surface area contributed by atoms with Gasteiger partial charge in [0.25, 0.3) is 0 Å². The molecule has 0 saturated heterocycles. The third-order valence-electron chi connectivity index (χ3n) is 14.5. The van der Waals surface area contributed by atoms with Crippen molar-refractivity contribution in [3.8, 4) is 40.2 Å². The maximum Gasteiger partial charge on any atom is 0.145 e. The fraction of sp³-hybridized carbons (Fsp3) is 0.182. The number of benzene rings is 7. The van der Waals surface area contributed by atoms with Crippen LogP contribution in [-0.4, -0.2) is 121 Å². The number of ether oxygens (including phenoxy) is 10. The molecule has 0 amide bonds. The van der Waals surface area contributed by atoms with Gasteiger partial charge < -0.3 is 47.4 Å². The SMILES string of the molecule is CC(COCCOc1cccc2cccnc12)OCCOc1cccc2cccnc12.COCCOc1ccc2ncccc2c1.c1cnc2c(OCCOc3cccc4cccnc34)cccc2c1.c1cnc2c(OCCOc3cccc4cccnc34)cccc2c1. The largest absolute Gasteiger partial charge is 0.491 e. The zero-order valence-electron chi connectivity index (χ0n) is 52.3. The predicted molar refractivity (Wildman–Crippen MR) is 369 cm³/mol. The van der Waals surface area contributed by atoms with E-state index in [1.165, 1.54) is 0 Å². The Balaban J connectivity index is 0.000000131. The lowest BCUT2D eigenvalue weighted by Crippen LogP contribution is -2.21. The van der Waals surface area contributed by atoms with Gasteiger partial charge in [0.05, 0.1) is 38.0 Å². The van der Waals surface area contributed by atoms with Crippen LogP contribution in [-0.2, 0) is 14.2 Å². The fourth-order valence-corrected chi connectivity index (χ4v) is 10.1. The minimum atomic E-state index is -0.0338. The standard InChI is InChI=1S/C25H26N2O4.2C20H16N2O2.C12H13NO2/c1-19(29-16-17-31-23-11-3-7-21-9-5-13-27-25(21)23)18-28-14-15-30-22-10-2-6-20-8-4-12-26-24(20)22;2*1-5-15-7-3-11-21-19(15)17(9-1)23-13-14-24-18-10-2-6-16-8-4-12-22-20(16)18;1-14-7-8-15-11-4-5-12-10(9-11)3-2-6-13-12/h2-13,19H,14-18H2,1H3;2*1-12H,13-14H2;2-6,9H,7-8H2,1H3. The van der Waals surface area contributed by atoms with Gasteiger partial charge in [-0.2, -0.15) is 0 Å². The van der Waals surface area contributed by atoms with E-state index < -0.39 is 0 Å². The topological polar surface area (TPSA) is 183 Å². The normalized spacial score (nSPS) is 11.2.